The fraction of sp³-hybridized carbons (Fsp3) is 0.750. The number of amides is 1. The number of aliphatic hydroxyl groups is 8. The minimum absolute atomic E-state index is 0.245. The van der Waals surface area contributed by atoms with Gasteiger partial charge in [-0.1, -0.05) is 157 Å². The van der Waals surface area contributed by atoms with E-state index in [-0.39, 0.29) is 18.9 Å². The van der Waals surface area contributed by atoms with Crippen LogP contribution in [0.3, 0.4) is 0 Å². The third kappa shape index (κ3) is 25.2. The van der Waals surface area contributed by atoms with Gasteiger partial charge in [-0.05, 0) is 64.2 Å². The Labute approximate surface area is 396 Å². The van der Waals surface area contributed by atoms with E-state index in [4.69, 9.17) is 18.9 Å². The van der Waals surface area contributed by atoms with Crippen molar-refractivity contribution in [3.05, 3.63) is 72.9 Å². The zero-order chi connectivity index (χ0) is 48.2. The molecule has 2 aliphatic rings. The van der Waals surface area contributed by atoms with Crippen molar-refractivity contribution in [2.75, 3.05) is 19.8 Å². The molecule has 0 aliphatic carbocycles. The molecule has 0 spiro atoms. The molecular weight excluding hydrogens is 847 g/mol. The monoisotopic (exact) mass is 936 g/mol. The highest BCUT2D eigenvalue weighted by atomic mass is 16.7. The predicted octanol–water partition coefficient (Wildman–Crippen LogP) is 6.43. The lowest BCUT2D eigenvalue weighted by atomic mass is 9.97. The van der Waals surface area contributed by atoms with Crippen LogP contribution in [0.4, 0.5) is 0 Å². The van der Waals surface area contributed by atoms with Gasteiger partial charge in [-0.2, -0.15) is 0 Å². The van der Waals surface area contributed by atoms with Crippen LogP contribution in [0, 0.1) is 0 Å². The standard InChI is InChI=1S/C52H89NO13/c1-3-5-7-9-11-13-15-16-17-18-19-20-21-22-23-24-26-28-30-32-34-36-44(57)53-40(41(56)35-33-31-29-27-25-14-12-10-8-6-4-2)39-63-51-49(62)47(60)50(43(38-55)65-51)66-52-48(61)46(59)45(58)42(37-54)64-52/h5,7,11,13,16-17,19-20,22-23,26,28,40-43,45-52,54-56,58-62H,3-4,6,8-10,12,14-15,18,21,24-25,27,29-39H2,1-2H3,(H,53,57)/b7-5-,13-11-,17-16-,20-19-,23-22-,28-26-. The SMILES string of the molecule is CC/C=C\C/C=C\C/C=C\C/C=C\C/C=C\C/C=C\CCCCC(=O)NC(COC1OC(CO)C(OC2OC(CO)C(O)C(O)C2O)C(O)C1O)C(O)CCCCCCCCCCCCC. The maximum Gasteiger partial charge on any atom is 0.220 e. The van der Waals surface area contributed by atoms with Gasteiger partial charge in [0.25, 0.3) is 0 Å². The lowest BCUT2D eigenvalue weighted by Gasteiger charge is -2.46. The second kappa shape index (κ2) is 38.3. The number of allylic oxidation sites excluding steroid dienone is 12. The Morgan fingerprint density at radius 2 is 1.05 bits per heavy atom. The number of rotatable bonds is 37. The van der Waals surface area contributed by atoms with Gasteiger partial charge in [0.2, 0.25) is 5.91 Å². The summed E-state index contributed by atoms with van der Waals surface area (Å²) in [6, 6.07) is -0.854. The van der Waals surface area contributed by atoms with Gasteiger partial charge in [-0.3, -0.25) is 4.79 Å². The Morgan fingerprint density at radius 1 is 0.561 bits per heavy atom. The molecule has 2 saturated heterocycles. The Balaban J connectivity index is 1.84. The number of unbranched alkanes of at least 4 members (excludes halogenated alkanes) is 12. The number of nitrogens with one attached hydrogen (secondary N) is 1. The summed E-state index contributed by atoms with van der Waals surface area (Å²) in [6.07, 6.45) is 30.5. The highest BCUT2D eigenvalue weighted by Crippen LogP contribution is 2.30. The van der Waals surface area contributed by atoms with Gasteiger partial charge < -0.3 is 65.1 Å². The number of aliphatic hydroxyl groups excluding tert-OH is 8. The molecule has 2 fully saturated rings. The van der Waals surface area contributed by atoms with Crippen molar-refractivity contribution in [1.82, 2.24) is 5.32 Å². The first kappa shape index (κ1) is 59.6. The van der Waals surface area contributed by atoms with E-state index >= 15 is 0 Å². The van der Waals surface area contributed by atoms with E-state index in [1.165, 1.54) is 44.9 Å². The molecule has 0 bridgehead atoms. The van der Waals surface area contributed by atoms with Crippen LogP contribution in [0.15, 0.2) is 72.9 Å². The molecule has 0 aromatic heterocycles. The summed E-state index contributed by atoms with van der Waals surface area (Å²) in [7, 11) is 0. The third-order valence-electron chi connectivity index (χ3n) is 11.9. The Kier molecular flexibility index (Phi) is 34.6. The Hall–Kier alpha value is -2.57. The summed E-state index contributed by atoms with van der Waals surface area (Å²) in [5.41, 5.74) is 0. The third-order valence-corrected chi connectivity index (χ3v) is 11.9. The van der Waals surface area contributed by atoms with Crippen LogP contribution in [0.1, 0.15) is 155 Å². The minimum Gasteiger partial charge on any atom is -0.394 e. The first-order chi connectivity index (χ1) is 32.1. The van der Waals surface area contributed by atoms with Crippen molar-refractivity contribution in [3.63, 3.8) is 0 Å². The highest BCUT2D eigenvalue weighted by molar-refractivity contribution is 5.76. The topological polar surface area (TPSA) is 228 Å². The van der Waals surface area contributed by atoms with E-state index in [0.717, 1.165) is 77.0 Å². The van der Waals surface area contributed by atoms with Crippen molar-refractivity contribution in [1.29, 1.82) is 0 Å². The molecule has 9 N–H and O–H groups in total. The molecule has 12 atom stereocenters. The number of hydrogen-bond donors (Lipinski definition) is 9. The normalized spacial score (nSPS) is 27.4. The zero-order valence-electron chi connectivity index (χ0n) is 40.2. The lowest BCUT2D eigenvalue weighted by molar-refractivity contribution is -0.359. The summed E-state index contributed by atoms with van der Waals surface area (Å²) in [5.74, 6) is -0.254. The number of carbonyl (C=O) groups is 1. The van der Waals surface area contributed by atoms with Gasteiger partial charge in [0.05, 0.1) is 32.0 Å². The van der Waals surface area contributed by atoms with Crippen LogP contribution in [-0.4, -0.2) is 140 Å². The molecular formula is C52H89NO13. The molecule has 380 valence electrons. The highest BCUT2D eigenvalue weighted by Gasteiger charge is 2.51. The van der Waals surface area contributed by atoms with E-state index < -0.39 is 86.8 Å². The average molecular weight is 936 g/mol. The van der Waals surface area contributed by atoms with E-state index in [1.807, 2.05) is 0 Å². The van der Waals surface area contributed by atoms with Gasteiger partial charge in [0.15, 0.2) is 12.6 Å². The van der Waals surface area contributed by atoms with E-state index in [2.05, 4.69) is 92.1 Å². The summed E-state index contributed by atoms with van der Waals surface area (Å²) in [4.78, 5) is 13.2. The maximum atomic E-state index is 13.2. The zero-order valence-corrected chi connectivity index (χ0v) is 40.2. The largest absolute Gasteiger partial charge is 0.394 e. The molecule has 0 aromatic rings. The van der Waals surface area contributed by atoms with E-state index in [9.17, 15) is 45.6 Å². The van der Waals surface area contributed by atoms with Gasteiger partial charge in [-0.15, -0.1) is 0 Å². The predicted molar refractivity (Wildman–Crippen MR) is 258 cm³/mol. The Bertz CT molecular complexity index is 1380. The smallest absolute Gasteiger partial charge is 0.220 e. The van der Waals surface area contributed by atoms with Crippen molar-refractivity contribution in [3.8, 4) is 0 Å². The van der Waals surface area contributed by atoms with Gasteiger partial charge >= 0.3 is 0 Å². The molecule has 0 aromatic carbocycles. The van der Waals surface area contributed by atoms with Crippen molar-refractivity contribution in [2.45, 2.75) is 229 Å². The quantitative estimate of drug-likeness (QED) is 0.0242. The summed E-state index contributed by atoms with van der Waals surface area (Å²) in [5, 5.41) is 86.8. The van der Waals surface area contributed by atoms with Gasteiger partial charge in [0.1, 0.15) is 48.8 Å². The van der Waals surface area contributed by atoms with Crippen molar-refractivity contribution in [2.24, 2.45) is 0 Å². The molecule has 0 saturated carbocycles. The summed E-state index contributed by atoms with van der Waals surface area (Å²) < 4.78 is 22.7. The maximum absolute atomic E-state index is 13.2. The van der Waals surface area contributed by atoms with Crippen LogP contribution in [0.2, 0.25) is 0 Å². The molecule has 1 amide bonds. The van der Waals surface area contributed by atoms with Gasteiger partial charge in [-0.25, -0.2) is 0 Å². The lowest BCUT2D eigenvalue weighted by Crippen LogP contribution is -2.65. The Morgan fingerprint density at radius 3 is 1.58 bits per heavy atom. The van der Waals surface area contributed by atoms with Crippen molar-refractivity contribution >= 4 is 5.91 Å². The second-order valence-corrected chi connectivity index (χ2v) is 17.6. The van der Waals surface area contributed by atoms with Crippen LogP contribution >= 0.6 is 0 Å². The number of ether oxygens (including phenoxy) is 4. The fourth-order valence-corrected chi connectivity index (χ4v) is 7.83. The first-order valence-electron chi connectivity index (χ1n) is 25.2. The van der Waals surface area contributed by atoms with Crippen LogP contribution in [-0.2, 0) is 23.7 Å². The van der Waals surface area contributed by atoms with Crippen LogP contribution < -0.4 is 5.32 Å². The minimum atomic E-state index is -1.79. The molecule has 14 heteroatoms. The number of hydrogen-bond acceptors (Lipinski definition) is 13. The van der Waals surface area contributed by atoms with Crippen LogP contribution in [0.25, 0.3) is 0 Å². The second-order valence-electron chi connectivity index (χ2n) is 17.6. The van der Waals surface area contributed by atoms with Crippen LogP contribution in [0.5, 0.6) is 0 Å². The molecule has 2 heterocycles. The van der Waals surface area contributed by atoms with E-state index in [1.54, 1.807) is 0 Å². The molecule has 0 radical (unpaired) electrons. The van der Waals surface area contributed by atoms with Gasteiger partial charge in [0, 0.05) is 6.42 Å². The summed E-state index contributed by atoms with van der Waals surface area (Å²) >= 11 is 0. The first-order valence-corrected chi connectivity index (χ1v) is 25.2. The molecule has 12 unspecified atom stereocenters. The summed E-state index contributed by atoms with van der Waals surface area (Å²) in [6.45, 7) is 2.67. The molecule has 2 aliphatic heterocycles. The molecule has 2 rings (SSSR count). The van der Waals surface area contributed by atoms with Crippen molar-refractivity contribution < 1.29 is 64.6 Å². The molecule has 66 heavy (non-hydrogen) atoms. The van der Waals surface area contributed by atoms with E-state index in [0.29, 0.717) is 12.8 Å². The molecule has 14 nitrogen and oxygen atoms in total. The number of carbonyl (C=O) groups excluding carboxylic acids is 1. The fourth-order valence-electron chi connectivity index (χ4n) is 7.83. The average Bonchev–Trinajstić information content (AvgIpc) is 3.31.